The highest BCUT2D eigenvalue weighted by Gasteiger charge is 2.20. The van der Waals surface area contributed by atoms with E-state index >= 15 is 0 Å². The largest absolute Gasteiger partial charge is 0.478 e. The Bertz CT molecular complexity index is 368. The molecule has 0 spiro atoms. The first kappa shape index (κ1) is 12.5. The normalized spacial score (nSPS) is 12.8. The van der Waals surface area contributed by atoms with Crippen LogP contribution in [-0.4, -0.2) is 23.9 Å². The number of aromatic carboxylic acids is 1. The van der Waals surface area contributed by atoms with Crippen molar-refractivity contribution in [1.82, 2.24) is 0 Å². The van der Waals surface area contributed by atoms with Crippen LogP contribution >= 0.6 is 0 Å². The molecule has 0 radical (unpaired) electrons. The molecule has 0 heterocycles. The highest BCUT2D eigenvalue weighted by molar-refractivity contribution is 5.89. The minimum atomic E-state index is -3.24. The van der Waals surface area contributed by atoms with E-state index in [4.69, 9.17) is 5.11 Å². The van der Waals surface area contributed by atoms with Crippen LogP contribution in [0.4, 0.5) is 13.2 Å². The number of benzene rings is 1. The molecule has 0 amide bonds. The summed E-state index contributed by atoms with van der Waals surface area (Å²) in [6.07, 6.45) is -5.95. The zero-order valence-electron chi connectivity index (χ0n) is 8.07. The van der Waals surface area contributed by atoms with E-state index in [2.05, 4.69) is 4.74 Å². The van der Waals surface area contributed by atoms with Crippen molar-refractivity contribution in [3.8, 4) is 0 Å². The number of carbonyl (C=O) groups is 1. The van der Waals surface area contributed by atoms with E-state index in [1.807, 2.05) is 0 Å². The Morgan fingerprint density at radius 1 is 1.31 bits per heavy atom. The molecule has 1 atom stereocenters. The number of rotatable bonds is 5. The summed E-state index contributed by atoms with van der Waals surface area (Å²) in [4.78, 5) is 10.7. The van der Waals surface area contributed by atoms with E-state index < -0.39 is 25.4 Å². The SMILES string of the molecule is O=C(O)c1ccccc1COC(F)C(F)F. The first-order valence-electron chi connectivity index (χ1n) is 4.37. The lowest BCUT2D eigenvalue weighted by Gasteiger charge is -2.10. The molecule has 1 rings (SSSR count). The molecule has 1 unspecified atom stereocenters. The highest BCUT2D eigenvalue weighted by atomic mass is 19.3. The number of hydrogen-bond donors (Lipinski definition) is 1. The minimum absolute atomic E-state index is 0.0935. The van der Waals surface area contributed by atoms with Crippen LogP contribution in [0.2, 0.25) is 0 Å². The zero-order valence-corrected chi connectivity index (χ0v) is 8.07. The predicted molar refractivity (Wildman–Crippen MR) is 49.1 cm³/mol. The first-order valence-corrected chi connectivity index (χ1v) is 4.37. The topological polar surface area (TPSA) is 46.5 Å². The monoisotopic (exact) mass is 234 g/mol. The van der Waals surface area contributed by atoms with Crippen molar-refractivity contribution in [2.45, 2.75) is 19.4 Å². The molecule has 0 aliphatic carbocycles. The van der Waals surface area contributed by atoms with E-state index in [1.165, 1.54) is 24.3 Å². The molecule has 0 fully saturated rings. The van der Waals surface area contributed by atoms with Gasteiger partial charge in [-0.2, -0.15) is 0 Å². The third-order valence-electron chi connectivity index (χ3n) is 1.84. The average Bonchev–Trinajstić information content (AvgIpc) is 2.25. The quantitative estimate of drug-likeness (QED) is 0.851. The van der Waals surface area contributed by atoms with Gasteiger partial charge >= 0.3 is 5.97 Å². The number of hydrogen-bond acceptors (Lipinski definition) is 2. The number of alkyl halides is 3. The summed E-state index contributed by atoms with van der Waals surface area (Å²) in [7, 11) is 0. The van der Waals surface area contributed by atoms with Gasteiger partial charge in [-0.15, -0.1) is 0 Å². The average molecular weight is 234 g/mol. The number of carboxylic acids is 1. The molecule has 0 aromatic heterocycles. The molecule has 0 aliphatic heterocycles. The van der Waals surface area contributed by atoms with Crippen molar-refractivity contribution >= 4 is 5.97 Å². The van der Waals surface area contributed by atoms with Crippen LogP contribution in [0, 0.1) is 0 Å². The lowest BCUT2D eigenvalue weighted by atomic mass is 10.1. The molecule has 0 saturated carbocycles. The molecule has 1 aromatic rings. The number of ether oxygens (including phenoxy) is 1. The van der Waals surface area contributed by atoms with Gasteiger partial charge in [0.25, 0.3) is 12.8 Å². The summed E-state index contributed by atoms with van der Waals surface area (Å²) in [5.41, 5.74) is 0.0577. The van der Waals surface area contributed by atoms with Gasteiger partial charge in [-0.3, -0.25) is 0 Å². The van der Waals surface area contributed by atoms with Gasteiger partial charge in [0, 0.05) is 0 Å². The Morgan fingerprint density at radius 3 is 2.50 bits per heavy atom. The third-order valence-corrected chi connectivity index (χ3v) is 1.84. The van der Waals surface area contributed by atoms with Gasteiger partial charge in [-0.25, -0.2) is 18.0 Å². The highest BCUT2D eigenvalue weighted by Crippen LogP contribution is 2.14. The first-order chi connectivity index (χ1) is 7.52. The van der Waals surface area contributed by atoms with Crippen LogP contribution in [0.3, 0.4) is 0 Å². The lowest BCUT2D eigenvalue weighted by Crippen LogP contribution is -2.17. The van der Waals surface area contributed by atoms with Crippen molar-refractivity contribution in [3.63, 3.8) is 0 Å². The fraction of sp³-hybridized carbons (Fsp3) is 0.300. The fourth-order valence-electron chi connectivity index (χ4n) is 1.10. The van der Waals surface area contributed by atoms with Crippen molar-refractivity contribution in [2.75, 3.05) is 0 Å². The van der Waals surface area contributed by atoms with Crippen molar-refractivity contribution in [2.24, 2.45) is 0 Å². The van der Waals surface area contributed by atoms with Gasteiger partial charge in [0.2, 0.25) is 0 Å². The Hall–Kier alpha value is -1.56. The van der Waals surface area contributed by atoms with Gasteiger partial charge in [0.05, 0.1) is 12.2 Å². The van der Waals surface area contributed by atoms with Crippen LogP contribution in [0.1, 0.15) is 15.9 Å². The molecule has 1 N–H and O–H groups in total. The van der Waals surface area contributed by atoms with Crippen LogP contribution in [0.15, 0.2) is 24.3 Å². The summed E-state index contributed by atoms with van der Waals surface area (Å²) in [6, 6.07) is 5.66. The van der Waals surface area contributed by atoms with Crippen molar-refractivity contribution in [1.29, 1.82) is 0 Å². The Morgan fingerprint density at radius 2 is 1.94 bits per heavy atom. The van der Waals surface area contributed by atoms with E-state index in [-0.39, 0.29) is 11.1 Å². The van der Waals surface area contributed by atoms with E-state index in [9.17, 15) is 18.0 Å². The molecule has 0 aliphatic rings. The molecule has 6 heteroatoms. The summed E-state index contributed by atoms with van der Waals surface area (Å²) in [5, 5.41) is 8.74. The van der Waals surface area contributed by atoms with Gasteiger partial charge in [0.15, 0.2) is 0 Å². The smallest absolute Gasteiger partial charge is 0.336 e. The minimum Gasteiger partial charge on any atom is -0.478 e. The molecule has 88 valence electrons. The third kappa shape index (κ3) is 3.23. The lowest BCUT2D eigenvalue weighted by molar-refractivity contribution is -0.135. The Labute approximate surface area is 89.5 Å². The van der Waals surface area contributed by atoms with E-state index in [0.717, 1.165) is 0 Å². The fourth-order valence-corrected chi connectivity index (χ4v) is 1.10. The number of halogens is 3. The van der Waals surface area contributed by atoms with Crippen LogP contribution in [0.25, 0.3) is 0 Å². The standard InChI is InChI=1S/C10H9F3O3/c11-8(12)9(13)16-5-6-3-1-2-4-7(6)10(14)15/h1-4,8-9H,5H2,(H,14,15). The van der Waals surface area contributed by atoms with Gasteiger partial charge < -0.3 is 9.84 Å². The summed E-state index contributed by atoms with van der Waals surface area (Å²) >= 11 is 0. The van der Waals surface area contributed by atoms with Crippen molar-refractivity contribution < 1.29 is 27.8 Å². The maximum absolute atomic E-state index is 12.4. The van der Waals surface area contributed by atoms with E-state index in [0.29, 0.717) is 0 Å². The zero-order chi connectivity index (χ0) is 12.1. The second-order valence-electron chi connectivity index (χ2n) is 2.96. The molecule has 1 aromatic carbocycles. The second-order valence-corrected chi connectivity index (χ2v) is 2.96. The van der Waals surface area contributed by atoms with E-state index in [1.54, 1.807) is 0 Å². The van der Waals surface area contributed by atoms with Gasteiger partial charge in [-0.1, -0.05) is 18.2 Å². The Balaban J connectivity index is 2.70. The second kappa shape index (κ2) is 5.50. The van der Waals surface area contributed by atoms with Crippen LogP contribution < -0.4 is 0 Å². The Kier molecular flexibility index (Phi) is 4.30. The maximum Gasteiger partial charge on any atom is 0.336 e. The summed E-state index contributed by atoms with van der Waals surface area (Å²) in [6.45, 7) is -0.506. The number of carboxylic acid groups (broad SMARTS) is 1. The molecule has 3 nitrogen and oxygen atoms in total. The predicted octanol–water partition coefficient (Wildman–Crippen LogP) is 2.46. The van der Waals surface area contributed by atoms with Crippen LogP contribution in [-0.2, 0) is 11.3 Å². The molecule has 0 saturated heterocycles. The van der Waals surface area contributed by atoms with Gasteiger partial charge in [0.1, 0.15) is 0 Å². The molecule has 0 bridgehead atoms. The van der Waals surface area contributed by atoms with Crippen molar-refractivity contribution in [3.05, 3.63) is 35.4 Å². The molecular weight excluding hydrogens is 225 g/mol. The van der Waals surface area contributed by atoms with Crippen LogP contribution in [0.5, 0.6) is 0 Å². The summed E-state index contributed by atoms with van der Waals surface area (Å²) < 4.78 is 40.2. The maximum atomic E-state index is 12.4. The van der Waals surface area contributed by atoms with Gasteiger partial charge in [-0.05, 0) is 11.6 Å². The summed E-state index contributed by atoms with van der Waals surface area (Å²) in [5.74, 6) is -1.22. The molecule has 16 heavy (non-hydrogen) atoms. The molecular formula is C10H9F3O3.